The van der Waals surface area contributed by atoms with Crippen LogP contribution in [0.3, 0.4) is 0 Å². The predicted octanol–water partition coefficient (Wildman–Crippen LogP) is 2.89. The first-order valence-corrected chi connectivity index (χ1v) is 7.60. The van der Waals surface area contributed by atoms with Gasteiger partial charge in [-0.05, 0) is 36.8 Å². The van der Waals surface area contributed by atoms with Crippen LogP contribution in [0.5, 0.6) is 0 Å². The largest absolute Gasteiger partial charge is 0.618 e. The molecule has 2 amide bonds. The Morgan fingerprint density at radius 3 is 2.17 bits per heavy atom. The maximum Gasteiger partial charge on any atom is 0.266 e. The van der Waals surface area contributed by atoms with E-state index < -0.39 is 0 Å². The van der Waals surface area contributed by atoms with E-state index in [1.807, 2.05) is 13.0 Å². The summed E-state index contributed by atoms with van der Waals surface area (Å²) in [5, 5.41) is 13.2. The Hall–Kier alpha value is -3.21. The van der Waals surface area contributed by atoms with Crippen molar-refractivity contribution < 1.29 is 14.3 Å². The minimum atomic E-state index is -0.364. The summed E-state index contributed by atoms with van der Waals surface area (Å²) in [7, 11) is 0. The van der Waals surface area contributed by atoms with E-state index in [9.17, 15) is 14.8 Å². The lowest BCUT2D eigenvalue weighted by Gasteiger charge is -2.15. The van der Waals surface area contributed by atoms with Crippen molar-refractivity contribution in [3.05, 3.63) is 76.1 Å². The lowest BCUT2D eigenvalue weighted by molar-refractivity contribution is -0.584. The molecule has 0 N–H and O–H groups in total. The molecule has 0 bridgehead atoms. The molecule has 5 nitrogen and oxygen atoms in total. The molecule has 1 aliphatic rings. The van der Waals surface area contributed by atoms with Gasteiger partial charge in [-0.25, -0.2) is 4.90 Å². The fourth-order valence-corrected chi connectivity index (χ4v) is 3.22. The van der Waals surface area contributed by atoms with Crippen molar-refractivity contribution >= 4 is 28.4 Å². The molecule has 0 radical (unpaired) electrons. The molecule has 0 saturated heterocycles. The molecular formula is C19H14N2O3. The maximum absolute atomic E-state index is 12.6. The van der Waals surface area contributed by atoms with Gasteiger partial charge in [0.05, 0.1) is 22.2 Å². The number of aryl methyl sites for hydroxylation is 2. The molecule has 1 aromatic heterocycles. The number of benzene rings is 2. The van der Waals surface area contributed by atoms with Crippen LogP contribution in [0.15, 0.2) is 48.5 Å². The summed E-state index contributed by atoms with van der Waals surface area (Å²) in [6.07, 6.45) is 0. The van der Waals surface area contributed by atoms with Gasteiger partial charge in [-0.2, -0.15) is 4.73 Å². The average molecular weight is 318 g/mol. The summed E-state index contributed by atoms with van der Waals surface area (Å²) < 4.78 is 0.823. The molecule has 0 unspecified atom stereocenters. The standard InChI is InChI=1S/C19H14N2O3/c1-11-9-12(2)21(24)17-10-13(7-8-14(11)17)20-18(22)15-5-3-4-6-16(15)19(20)23/h3-10H,1-2H3. The van der Waals surface area contributed by atoms with Gasteiger partial charge in [0, 0.05) is 19.1 Å². The third-order valence-corrected chi connectivity index (χ3v) is 4.42. The van der Waals surface area contributed by atoms with Gasteiger partial charge in [-0.3, -0.25) is 9.59 Å². The van der Waals surface area contributed by atoms with Gasteiger partial charge in [0.2, 0.25) is 5.52 Å². The molecule has 0 aliphatic carbocycles. The van der Waals surface area contributed by atoms with E-state index in [0.717, 1.165) is 20.6 Å². The van der Waals surface area contributed by atoms with Gasteiger partial charge in [0.25, 0.3) is 11.8 Å². The molecule has 0 atom stereocenters. The van der Waals surface area contributed by atoms with Crippen LogP contribution < -0.4 is 9.63 Å². The van der Waals surface area contributed by atoms with Gasteiger partial charge >= 0.3 is 0 Å². The highest BCUT2D eigenvalue weighted by molar-refractivity contribution is 6.34. The summed E-state index contributed by atoms with van der Waals surface area (Å²) in [5.74, 6) is -0.728. The molecule has 24 heavy (non-hydrogen) atoms. The number of hydrogen-bond acceptors (Lipinski definition) is 3. The Morgan fingerprint density at radius 1 is 0.917 bits per heavy atom. The van der Waals surface area contributed by atoms with Crippen molar-refractivity contribution in [1.82, 2.24) is 0 Å². The zero-order valence-corrected chi connectivity index (χ0v) is 13.2. The second kappa shape index (κ2) is 4.89. The van der Waals surface area contributed by atoms with Crippen LogP contribution in [-0.2, 0) is 0 Å². The molecule has 0 spiro atoms. The first-order chi connectivity index (χ1) is 11.5. The summed E-state index contributed by atoms with van der Waals surface area (Å²) in [5.41, 5.74) is 3.17. The molecule has 1 aliphatic heterocycles. The minimum absolute atomic E-state index is 0.364. The van der Waals surface area contributed by atoms with E-state index in [4.69, 9.17) is 0 Å². The van der Waals surface area contributed by atoms with Crippen LogP contribution in [0.4, 0.5) is 5.69 Å². The lowest BCUT2D eigenvalue weighted by atomic mass is 10.1. The molecule has 5 heteroatoms. The Morgan fingerprint density at radius 2 is 1.54 bits per heavy atom. The highest BCUT2D eigenvalue weighted by Crippen LogP contribution is 2.30. The molecule has 0 saturated carbocycles. The van der Waals surface area contributed by atoms with Crippen molar-refractivity contribution in [2.75, 3.05) is 4.90 Å². The van der Waals surface area contributed by atoms with Crippen molar-refractivity contribution in [2.45, 2.75) is 13.8 Å². The molecule has 4 rings (SSSR count). The first-order valence-electron chi connectivity index (χ1n) is 7.60. The normalized spacial score (nSPS) is 13.7. The average Bonchev–Trinajstić information content (AvgIpc) is 2.84. The van der Waals surface area contributed by atoms with Crippen LogP contribution in [0.25, 0.3) is 10.9 Å². The predicted molar refractivity (Wildman–Crippen MR) is 90.0 cm³/mol. The molecule has 3 aromatic rings. The molecule has 0 fully saturated rings. The molecule has 2 heterocycles. The first kappa shape index (κ1) is 14.4. The number of imide groups is 1. The van der Waals surface area contributed by atoms with E-state index in [2.05, 4.69) is 0 Å². The van der Waals surface area contributed by atoms with Crippen LogP contribution in [-0.4, -0.2) is 11.8 Å². The van der Waals surface area contributed by atoms with E-state index in [-0.39, 0.29) is 11.8 Å². The number of rotatable bonds is 1. The molecule has 2 aromatic carbocycles. The third kappa shape index (κ3) is 1.84. The Bertz CT molecular complexity index is 1010. The molecular weight excluding hydrogens is 304 g/mol. The van der Waals surface area contributed by atoms with Gasteiger partial charge in [0.1, 0.15) is 0 Å². The topological polar surface area (TPSA) is 64.3 Å². The zero-order valence-electron chi connectivity index (χ0n) is 13.2. The smallest absolute Gasteiger partial charge is 0.266 e. The minimum Gasteiger partial charge on any atom is -0.618 e. The third-order valence-electron chi connectivity index (χ3n) is 4.42. The maximum atomic E-state index is 12.6. The number of fused-ring (bicyclic) bond motifs is 2. The molecule has 118 valence electrons. The SMILES string of the molecule is Cc1cc(C)[n+]([O-])c2cc(N3C(=O)c4ccccc4C3=O)ccc12. The number of pyridine rings is 1. The van der Waals surface area contributed by atoms with E-state index in [0.29, 0.717) is 28.0 Å². The van der Waals surface area contributed by atoms with Crippen molar-refractivity contribution in [2.24, 2.45) is 0 Å². The second-order valence-corrected chi connectivity index (χ2v) is 5.96. The number of aromatic nitrogens is 1. The van der Waals surface area contributed by atoms with E-state index >= 15 is 0 Å². The number of nitrogens with zero attached hydrogens (tertiary/aromatic N) is 2. The highest BCUT2D eigenvalue weighted by atomic mass is 16.5. The van der Waals surface area contributed by atoms with Crippen LogP contribution in [0.2, 0.25) is 0 Å². The van der Waals surface area contributed by atoms with Gasteiger partial charge in [0.15, 0.2) is 5.69 Å². The number of carbonyl (C=O) groups excluding carboxylic acids is 2. The van der Waals surface area contributed by atoms with Crippen LogP contribution >= 0.6 is 0 Å². The summed E-state index contributed by atoms with van der Waals surface area (Å²) in [6, 6.07) is 13.6. The summed E-state index contributed by atoms with van der Waals surface area (Å²) >= 11 is 0. The number of anilines is 1. The van der Waals surface area contributed by atoms with Crippen LogP contribution in [0.1, 0.15) is 32.0 Å². The number of carbonyl (C=O) groups is 2. The fourth-order valence-electron chi connectivity index (χ4n) is 3.22. The van der Waals surface area contributed by atoms with Crippen molar-refractivity contribution in [1.29, 1.82) is 0 Å². The van der Waals surface area contributed by atoms with Crippen molar-refractivity contribution in [3.63, 3.8) is 0 Å². The second-order valence-electron chi connectivity index (χ2n) is 5.96. The number of amides is 2. The number of hydrogen-bond donors (Lipinski definition) is 0. The van der Waals surface area contributed by atoms with Gasteiger partial charge in [-0.15, -0.1) is 0 Å². The summed E-state index contributed by atoms with van der Waals surface area (Å²) in [4.78, 5) is 26.3. The van der Waals surface area contributed by atoms with Gasteiger partial charge in [-0.1, -0.05) is 12.1 Å². The highest BCUT2D eigenvalue weighted by Gasteiger charge is 2.36. The quantitative estimate of drug-likeness (QED) is 0.394. The van der Waals surface area contributed by atoms with Crippen molar-refractivity contribution in [3.8, 4) is 0 Å². The van der Waals surface area contributed by atoms with E-state index in [1.54, 1.807) is 49.4 Å². The Labute approximate surface area is 138 Å². The Balaban J connectivity index is 1.91. The van der Waals surface area contributed by atoms with E-state index in [1.165, 1.54) is 0 Å². The fraction of sp³-hybridized carbons (Fsp3) is 0.105. The zero-order chi connectivity index (χ0) is 17.0. The van der Waals surface area contributed by atoms with Crippen LogP contribution in [0, 0.1) is 19.1 Å². The summed E-state index contributed by atoms with van der Waals surface area (Å²) in [6.45, 7) is 3.66. The Kier molecular flexibility index (Phi) is 2.93. The van der Waals surface area contributed by atoms with Gasteiger partial charge < -0.3 is 5.21 Å². The monoisotopic (exact) mass is 318 g/mol. The lowest BCUT2D eigenvalue weighted by Crippen LogP contribution is -2.33.